The number of rotatable bonds is 4. The second-order valence-electron chi connectivity index (χ2n) is 11.7. The summed E-state index contributed by atoms with van der Waals surface area (Å²) in [7, 11) is 0. The Morgan fingerprint density at radius 2 is 0.933 bits per heavy atom. The molecule has 7 aromatic carbocycles. The average molecular weight is 573 g/mol. The zero-order chi connectivity index (χ0) is 29.8. The number of hydrogen-bond donors (Lipinski definition) is 0. The van der Waals surface area contributed by atoms with E-state index >= 15 is 0 Å². The van der Waals surface area contributed by atoms with Gasteiger partial charge in [-0.25, -0.2) is 9.97 Å². The summed E-state index contributed by atoms with van der Waals surface area (Å²) in [6, 6.07) is 60.7. The van der Waals surface area contributed by atoms with E-state index in [9.17, 15) is 0 Å². The normalized spacial score (nSPS) is 13.1. The van der Waals surface area contributed by atoms with Gasteiger partial charge in [0.15, 0.2) is 0 Å². The molecule has 2 nitrogen and oxygen atoms in total. The highest BCUT2D eigenvalue weighted by atomic mass is 14.8. The molecule has 9 rings (SSSR count). The van der Waals surface area contributed by atoms with Crippen LogP contribution in [0.1, 0.15) is 22.3 Å². The zero-order valence-electron chi connectivity index (χ0n) is 24.6. The van der Waals surface area contributed by atoms with Crippen molar-refractivity contribution in [3.63, 3.8) is 0 Å². The van der Waals surface area contributed by atoms with Gasteiger partial charge in [-0.2, -0.15) is 0 Å². The van der Waals surface area contributed by atoms with E-state index in [1.807, 2.05) is 12.1 Å². The quantitative estimate of drug-likeness (QED) is 0.210. The fourth-order valence-corrected chi connectivity index (χ4v) is 7.48. The minimum atomic E-state index is -0.510. The van der Waals surface area contributed by atoms with Crippen molar-refractivity contribution in [2.75, 3.05) is 0 Å². The van der Waals surface area contributed by atoms with Gasteiger partial charge in [0.05, 0.1) is 27.8 Å². The van der Waals surface area contributed by atoms with Gasteiger partial charge in [-0.1, -0.05) is 152 Å². The SMILES string of the molecule is c1ccc(-c2nc3ccccc3nc2-c2c3c(cc4ccccc24)C(c2ccccc2)(c2ccccc2)c2ccccc2-3)cc1. The first kappa shape index (κ1) is 25.6. The van der Waals surface area contributed by atoms with Crippen LogP contribution in [0.5, 0.6) is 0 Å². The van der Waals surface area contributed by atoms with Gasteiger partial charge in [-0.3, -0.25) is 0 Å². The Kier molecular flexibility index (Phi) is 5.76. The molecule has 2 heteroatoms. The highest BCUT2D eigenvalue weighted by Gasteiger charge is 2.47. The molecule has 45 heavy (non-hydrogen) atoms. The maximum absolute atomic E-state index is 5.45. The van der Waals surface area contributed by atoms with Crippen LogP contribution in [0.2, 0.25) is 0 Å². The lowest BCUT2D eigenvalue weighted by Gasteiger charge is -2.34. The molecule has 0 bridgehead atoms. The first-order chi connectivity index (χ1) is 22.3. The molecule has 0 aliphatic heterocycles. The lowest BCUT2D eigenvalue weighted by Crippen LogP contribution is -2.28. The van der Waals surface area contributed by atoms with Crippen LogP contribution >= 0.6 is 0 Å². The third-order valence-corrected chi connectivity index (χ3v) is 9.32. The van der Waals surface area contributed by atoms with Crippen LogP contribution in [0.25, 0.3) is 55.4 Å². The van der Waals surface area contributed by atoms with Crippen molar-refractivity contribution in [2.24, 2.45) is 0 Å². The predicted molar refractivity (Wildman–Crippen MR) is 185 cm³/mol. The van der Waals surface area contributed by atoms with Gasteiger partial charge >= 0.3 is 0 Å². The summed E-state index contributed by atoms with van der Waals surface area (Å²) in [6.45, 7) is 0. The molecule has 0 radical (unpaired) electrons. The smallest absolute Gasteiger partial charge is 0.0985 e. The Morgan fingerprint density at radius 3 is 1.62 bits per heavy atom. The van der Waals surface area contributed by atoms with E-state index in [-0.39, 0.29) is 0 Å². The Labute approximate surface area is 262 Å². The third-order valence-electron chi connectivity index (χ3n) is 9.32. The lowest BCUT2D eigenvalue weighted by atomic mass is 9.67. The maximum atomic E-state index is 5.45. The van der Waals surface area contributed by atoms with Gasteiger partial charge in [0.1, 0.15) is 0 Å². The second-order valence-corrected chi connectivity index (χ2v) is 11.7. The maximum Gasteiger partial charge on any atom is 0.0985 e. The van der Waals surface area contributed by atoms with Gasteiger partial charge in [-0.05, 0) is 62.4 Å². The molecule has 1 aliphatic rings. The highest BCUT2D eigenvalue weighted by molar-refractivity contribution is 6.10. The van der Waals surface area contributed by atoms with E-state index in [2.05, 4.69) is 158 Å². The first-order valence-electron chi connectivity index (χ1n) is 15.4. The number of fused-ring (bicyclic) bond motifs is 5. The molecule has 0 saturated heterocycles. The molecule has 8 aromatic rings. The van der Waals surface area contributed by atoms with Crippen molar-refractivity contribution in [3.05, 3.63) is 192 Å². The fourth-order valence-electron chi connectivity index (χ4n) is 7.48. The van der Waals surface area contributed by atoms with Gasteiger partial charge in [-0.15, -0.1) is 0 Å². The van der Waals surface area contributed by atoms with Gasteiger partial charge < -0.3 is 0 Å². The van der Waals surface area contributed by atoms with Crippen LogP contribution < -0.4 is 0 Å². The molecular weight excluding hydrogens is 544 g/mol. The van der Waals surface area contributed by atoms with Crippen molar-refractivity contribution >= 4 is 21.8 Å². The van der Waals surface area contributed by atoms with Crippen LogP contribution in [-0.2, 0) is 5.41 Å². The lowest BCUT2D eigenvalue weighted by molar-refractivity contribution is 0.769. The first-order valence-corrected chi connectivity index (χ1v) is 15.4. The molecule has 0 unspecified atom stereocenters. The van der Waals surface area contributed by atoms with E-state index in [4.69, 9.17) is 9.97 Å². The minimum absolute atomic E-state index is 0.510. The molecule has 0 spiro atoms. The van der Waals surface area contributed by atoms with Crippen LogP contribution in [0, 0.1) is 0 Å². The van der Waals surface area contributed by atoms with Crippen molar-refractivity contribution in [2.45, 2.75) is 5.41 Å². The molecule has 0 amide bonds. The molecule has 210 valence electrons. The number of aromatic nitrogens is 2. The van der Waals surface area contributed by atoms with Crippen LogP contribution in [0.4, 0.5) is 0 Å². The summed E-state index contributed by atoms with van der Waals surface area (Å²) in [5.41, 5.74) is 12.7. The zero-order valence-corrected chi connectivity index (χ0v) is 24.6. The summed E-state index contributed by atoms with van der Waals surface area (Å²) in [6.07, 6.45) is 0. The average Bonchev–Trinajstić information content (AvgIpc) is 3.41. The second kappa shape index (κ2) is 10.1. The number of para-hydroxylation sites is 2. The molecule has 1 aliphatic carbocycles. The fraction of sp³-hybridized carbons (Fsp3) is 0.0233. The third kappa shape index (κ3) is 3.76. The van der Waals surface area contributed by atoms with Crippen LogP contribution in [0.15, 0.2) is 170 Å². The minimum Gasteiger partial charge on any atom is -0.244 e. The Morgan fingerprint density at radius 1 is 0.400 bits per heavy atom. The Balaban J connectivity index is 1.51. The number of nitrogens with zero attached hydrogens (tertiary/aromatic N) is 2. The molecular formula is C43H28N2. The standard InChI is InChI=1S/C43H28N2/c1-4-16-29(17-5-1)41-42(45-38-27-15-14-26-37(38)44-41)40-33-23-11-10-18-30(33)28-36-39(40)34-24-12-13-25-35(34)43(36,31-19-6-2-7-20-31)32-21-8-3-9-22-32/h1-28H. The van der Waals surface area contributed by atoms with Crippen molar-refractivity contribution < 1.29 is 0 Å². The van der Waals surface area contributed by atoms with Gasteiger partial charge in [0, 0.05) is 11.1 Å². The summed E-state index contributed by atoms with van der Waals surface area (Å²) in [5.74, 6) is 0. The Bertz CT molecular complexity index is 2320. The van der Waals surface area contributed by atoms with Crippen LogP contribution in [-0.4, -0.2) is 9.97 Å². The van der Waals surface area contributed by atoms with Crippen molar-refractivity contribution in [1.82, 2.24) is 9.97 Å². The van der Waals surface area contributed by atoms with E-state index in [1.165, 1.54) is 44.2 Å². The highest BCUT2D eigenvalue weighted by Crippen LogP contribution is 2.60. The molecule has 0 saturated carbocycles. The van der Waals surface area contributed by atoms with E-state index in [0.29, 0.717) is 0 Å². The summed E-state index contributed by atoms with van der Waals surface area (Å²) in [4.78, 5) is 10.8. The molecule has 1 aromatic heterocycles. The van der Waals surface area contributed by atoms with Crippen molar-refractivity contribution in [3.8, 4) is 33.6 Å². The molecule has 1 heterocycles. The molecule has 0 N–H and O–H groups in total. The molecule has 0 atom stereocenters. The van der Waals surface area contributed by atoms with Gasteiger partial charge in [0.2, 0.25) is 0 Å². The molecule has 0 fully saturated rings. The largest absolute Gasteiger partial charge is 0.244 e. The topological polar surface area (TPSA) is 25.8 Å². The van der Waals surface area contributed by atoms with Crippen LogP contribution in [0.3, 0.4) is 0 Å². The monoisotopic (exact) mass is 572 g/mol. The Hall–Kier alpha value is -5.86. The summed E-state index contributed by atoms with van der Waals surface area (Å²) < 4.78 is 0. The van der Waals surface area contributed by atoms with E-state index in [1.54, 1.807) is 0 Å². The number of hydrogen-bond acceptors (Lipinski definition) is 2. The summed E-state index contributed by atoms with van der Waals surface area (Å²) in [5, 5.41) is 2.36. The number of benzene rings is 7. The van der Waals surface area contributed by atoms with E-state index in [0.717, 1.165) is 33.5 Å². The summed E-state index contributed by atoms with van der Waals surface area (Å²) >= 11 is 0. The van der Waals surface area contributed by atoms with Crippen molar-refractivity contribution in [1.29, 1.82) is 0 Å². The van der Waals surface area contributed by atoms with E-state index < -0.39 is 5.41 Å². The van der Waals surface area contributed by atoms with Gasteiger partial charge in [0.25, 0.3) is 0 Å². The predicted octanol–water partition coefficient (Wildman–Crippen LogP) is 10.5.